The first-order valence-electron chi connectivity index (χ1n) is 7.07. The Hall–Kier alpha value is -0.860. The van der Waals surface area contributed by atoms with E-state index in [2.05, 4.69) is 79.5 Å². The van der Waals surface area contributed by atoms with Gasteiger partial charge in [0.05, 0.1) is 4.75 Å². The molecule has 2 aromatic rings. The zero-order valence-electron chi connectivity index (χ0n) is 12.0. The van der Waals surface area contributed by atoms with Crippen LogP contribution < -0.4 is 0 Å². The van der Waals surface area contributed by atoms with Gasteiger partial charge in [-0.05, 0) is 36.5 Å². The van der Waals surface area contributed by atoms with Gasteiger partial charge in [0.15, 0.2) is 0 Å². The number of aryl methyl sites for hydroxylation is 1. The minimum atomic E-state index is 0.119. The molecular weight excluding hydrogens is 280 g/mol. The number of hydrogen-bond donors (Lipinski definition) is 0. The molecular formula is C18H20S2. The first kappa shape index (κ1) is 14.1. The lowest BCUT2D eigenvalue weighted by atomic mass is 9.86. The SMILES string of the molecule is CSC1CCSC1(c1ccccc1)c1ccc(C)cc1. The van der Waals surface area contributed by atoms with Gasteiger partial charge in [0, 0.05) is 5.25 Å². The van der Waals surface area contributed by atoms with E-state index in [0.717, 1.165) is 0 Å². The van der Waals surface area contributed by atoms with E-state index < -0.39 is 0 Å². The lowest BCUT2D eigenvalue weighted by Crippen LogP contribution is -2.31. The third kappa shape index (κ3) is 2.29. The molecule has 0 amide bonds. The molecule has 0 radical (unpaired) electrons. The summed E-state index contributed by atoms with van der Waals surface area (Å²) in [5.74, 6) is 1.24. The summed E-state index contributed by atoms with van der Waals surface area (Å²) >= 11 is 4.13. The van der Waals surface area contributed by atoms with Gasteiger partial charge in [-0.3, -0.25) is 0 Å². The zero-order chi connectivity index (χ0) is 14.0. The first-order chi connectivity index (χ1) is 9.77. The molecule has 20 heavy (non-hydrogen) atoms. The van der Waals surface area contributed by atoms with Crippen molar-refractivity contribution in [1.29, 1.82) is 0 Å². The highest BCUT2D eigenvalue weighted by atomic mass is 32.2. The molecule has 104 valence electrons. The summed E-state index contributed by atoms with van der Waals surface area (Å²) in [6, 6.07) is 20.2. The molecule has 2 heteroatoms. The summed E-state index contributed by atoms with van der Waals surface area (Å²) < 4.78 is 0.119. The molecule has 2 atom stereocenters. The monoisotopic (exact) mass is 300 g/mol. The lowest BCUT2D eigenvalue weighted by molar-refractivity contribution is 0.706. The van der Waals surface area contributed by atoms with E-state index in [9.17, 15) is 0 Å². The number of benzene rings is 2. The standard InChI is InChI=1S/C18H20S2/c1-14-8-10-16(11-9-14)18(15-6-4-3-5-7-15)17(19-2)12-13-20-18/h3-11,17H,12-13H2,1-2H3. The van der Waals surface area contributed by atoms with Crippen LogP contribution in [0, 0.1) is 6.92 Å². The molecule has 0 N–H and O–H groups in total. The van der Waals surface area contributed by atoms with Crippen molar-refractivity contribution in [3.63, 3.8) is 0 Å². The second kappa shape index (κ2) is 5.87. The van der Waals surface area contributed by atoms with Crippen LogP contribution in [0.15, 0.2) is 54.6 Å². The minimum Gasteiger partial charge on any atom is -0.160 e. The Morgan fingerprint density at radius 1 is 1.00 bits per heavy atom. The smallest absolute Gasteiger partial charge is 0.0775 e. The van der Waals surface area contributed by atoms with Gasteiger partial charge in [-0.15, -0.1) is 11.8 Å². The summed E-state index contributed by atoms with van der Waals surface area (Å²) in [5, 5.41) is 0.651. The second-order valence-electron chi connectivity index (χ2n) is 5.33. The Morgan fingerprint density at radius 2 is 1.65 bits per heavy atom. The highest BCUT2D eigenvalue weighted by Crippen LogP contribution is 2.55. The maximum Gasteiger partial charge on any atom is 0.0775 e. The van der Waals surface area contributed by atoms with E-state index in [4.69, 9.17) is 0 Å². The Kier molecular flexibility index (Phi) is 4.13. The third-order valence-electron chi connectivity index (χ3n) is 4.13. The average Bonchev–Trinajstić information content (AvgIpc) is 2.94. The van der Waals surface area contributed by atoms with Crippen molar-refractivity contribution in [2.75, 3.05) is 12.0 Å². The fourth-order valence-corrected chi connectivity index (χ4v) is 6.28. The van der Waals surface area contributed by atoms with E-state index in [1.54, 1.807) is 0 Å². The number of thioether (sulfide) groups is 2. The summed E-state index contributed by atoms with van der Waals surface area (Å²) in [6.07, 6.45) is 3.54. The molecule has 1 aliphatic rings. The molecule has 1 heterocycles. The molecule has 0 bridgehead atoms. The van der Waals surface area contributed by atoms with Crippen molar-refractivity contribution >= 4 is 23.5 Å². The Morgan fingerprint density at radius 3 is 2.30 bits per heavy atom. The molecule has 2 aromatic carbocycles. The van der Waals surface area contributed by atoms with Gasteiger partial charge in [-0.2, -0.15) is 11.8 Å². The largest absolute Gasteiger partial charge is 0.160 e. The fraction of sp³-hybridized carbons (Fsp3) is 0.333. The molecule has 0 nitrogen and oxygen atoms in total. The van der Waals surface area contributed by atoms with Gasteiger partial charge in [-0.25, -0.2) is 0 Å². The highest BCUT2D eigenvalue weighted by Gasteiger charge is 2.46. The predicted octanol–water partition coefficient (Wildman–Crippen LogP) is 5.11. The Bertz CT molecular complexity index is 562. The Balaban J connectivity index is 2.16. The molecule has 0 spiro atoms. The third-order valence-corrected chi connectivity index (χ3v) is 7.09. The van der Waals surface area contributed by atoms with Crippen molar-refractivity contribution in [3.8, 4) is 0 Å². The van der Waals surface area contributed by atoms with Crippen molar-refractivity contribution in [2.45, 2.75) is 23.3 Å². The first-order valence-corrected chi connectivity index (χ1v) is 9.34. The summed E-state index contributed by atoms with van der Waals surface area (Å²) in [5.41, 5.74) is 4.24. The van der Waals surface area contributed by atoms with E-state index in [-0.39, 0.29) is 4.75 Å². The van der Waals surface area contributed by atoms with Gasteiger partial charge in [0.2, 0.25) is 0 Å². The second-order valence-corrected chi connectivity index (χ2v) is 7.71. The van der Waals surface area contributed by atoms with Gasteiger partial charge in [-0.1, -0.05) is 60.2 Å². The fourth-order valence-electron chi connectivity index (χ4n) is 3.10. The van der Waals surface area contributed by atoms with Crippen LogP contribution in [0.2, 0.25) is 0 Å². The summed E-state index contributed by atoms with van der Waals surface area (Å²) in [7, 11) is 0. The highest BCUT2D eigenvalue weighted by molar-refractivity contribution is 8.04. The lowest BCUT2D eigenvalue weighted by Gasteiger charge is -2.35. The van der Waals surface area contributed by atoms with Crippen LogP contribution in [0.25, 0.3) is 0 Å². The summed E-state index contributed by atoms with van der Waals surface area (Å²) in [4.78, 5) is 0. The summed E-state index contributed by atoms with van der Waals surface area (Å²) in [6.45, 7) is 2.16. The average molecular weight is 300 g/mol. The molecule has 1 fully saturated rings. The molecule has 0 aromatic heterocycles. The molecule has 0 aliphatic carbocycles. The van der Waals surface area contributed by atoms with Crippen LogP contribution in [0.3, 0.4) is 0 Å². The molecule has 1 saturated heterocycles. The molecule has 3 rings (SSSR count). The van der Waals surface area contributed by atoms with Gasteiger partial charge >= 0.3 is 0 Å². The van der Waals surface area contributed by atoms with E-state index in [1.165, 1.54) is 28.9 Å². The normalized spacial score (nSPS) is 25.8. The molecule has 2 unspecified atom stereocenters. The van der Waals surface area contributed by atoms with Crippen LogP contribution in [0.4, 0.5) is 0 Å². The van der Waals surface area contributed by atoms with Crippen molar-refractivity contribution in [2.24, 2.45) is 0 Å². The van der Waals surface area contributed by atoms with Crippen LogP contribution in [-0.2, 0) is 4.75 Å². The minimum absolute atomic E-state index is 0.119. The Labute approximate surface area is 130 Å². The number of hydrogen-bond acceptors (Lipinski definition) is 2. The number of rotatable bonds is 3. The van der Waals surface area contributed by atoms with Gasteiger partial charge in [0.1, 0.15) is 0 Å². The maximum absolute atomic E-state index is 2.32. The van der Waals surface area contributed by atoms with Crippen molar-refractivity contribution in [1.82, 2.24) is 0 Å². The van der Waals surface area contributed by atoms with Crippen LogP contribution >= 0.6 is 23.5 Å². The topological polar surface area (TPSA) is 0 Å². The van der Waals surface area contributed by atoms with Crippen molar-refractivity contribution < 1.29 is 0 Å². The van der Waals surface area contributed by atoms with Crippen LogP contribution in [0.5, 0.6) is 0 Å². The van der Waals surface area contributed by atoms with Crippen LogP contribution in [-0.4, -0.2) is 17.3 Å². The van der Waals surface area contributed by atoms with E-state index in [0.29, 0.717) is 5.25 Å². The maximum atomic E-state index is 2.32. The van der Waals surface area contributed by atoms with Crippen LogP contribution in [0.1, 0.15) is 23.1 Å². The molecule has 1 aliphatic heterocycles. The molecule has 0 saturated carbocycles. The van der Waals surface area contributed by atoms with Gasteiger partial charge < -0.3 is 0 Å². The van der Waals surface area contributed by atoms with Gasteiger partial charge in [0.25, 0.3) is 0 Å². The quantitative estimate of drug-likeness (QED) is 0.773. The zero-order valence-corrected chi connectivity index (χ0v) is 13.6. The predicted molar refractivity (Wildman–Crippen MR) is 92.8 cm³/mol. The van der Waals surface area contributed by atoms with Crippen molar-refractivity contribution in [3.05, 3.63) is 71.3 Å². The van der Waals surface area contributed by atoms with E-state index in [1.807, 2.05) is 11.8 Å². The van der Waals surface area contributed by atoms with E-state index >= 15 is 0 Å².